The number of benzene rings is 2. The molecule has 178 valence electrons. The Kier molecular flexibility index (Phi) is 7.47. The molecule has 0 atom stereocenters. The van der Waals surface area contributed by atoms with E-state index in [4.69, 9.17) is 19.0 Å². The standard InChI is InChI=1S/C26H28N2O6/c1-17-22(28-26(34-17)19-6-3-2-4-7-19)12-13-32-21-10-11-23(33-16-24(29)30)20(14-21)15-27-25(31)18-8-5-9-18/h2-4,6-7,10-11,14,18H,5,8-9,12-13,15-16H2,1H3,(H,27,31)(H,29,30). The average molecular weight is 465 g/mol. The number of carboxylic acids is 1. The summed E-state index contributed by atoms with van der Waals surface area (Å²) in [7, 11) is 0. The number of carbonyl (C=O) groups excluding carboxylic acids is 1. The number of rotatable bonds is 11. The molecule has 1 fully saturated rings. The zero-order chi connectivity index (χ0) is 23.9. The number of aryl methyl sites for hydroxylation is 1. The van der Waals surface area contributed by atoms with Crippen LogP contribution in [-0.2, 0) is 22.6 Å². The van der Waals surface area contributed by atoms with Crippen molar-refractivity contribution in [3.8, 4) is 23.0 Å². The second kappa shape index (κ2) is 10.9. The van der Waals surface area contributed by atoms with Gasteiger partial charge in [0.05, 0.1) is 12.3 Å². The Bertz CT molecular complexity index is 1140. The average Bonchev–Trinajstić information content (AvgIpc) is 3.17. The maximum atomic E-state index is 12.2. The molecule has 0 unspecified atom stereocenters. The van der Waals surface area contributed by atoms with Crippen molar-refractivity contribution in [1.29, 1.82) is 0 Å². The third-order valence-corrected chi connectivity index (χ3v) is 5.83. The van der Waals surface area contributed by atoms with Gasteiger partial charge in [-0.3, -0.25) is 4.79 Å². The van der Waals surface area contributed by atoms with E-state index in [0.717, 1.165) is 36.3 Å². The van der Waals surface area contributed by atoms with Gasteiger partial charge in [0.15, 0.2) is 6.61 Å². The van der Waals surface area contributed by atoms with E-state index in [0.29, 0.717) is 36.0 Å². The fourth-order valence-corrected chi connectivity index (χ4v) is 3.69. The minimum absolute atomic E-state index is 0.0116. The molecule has 1 aliphatic rings. The molecule has 34 heavy (non-hydrogen) atoms. The Morgan fingerprint density at radius 2 is 1.94 bits per heavy atom. The molecule has 2 aromatic carbocycles. The van der Waals surface area contributed by atoms with Crippen LogP contribution in [0.2, 0.25) is 0 Å². The zero-order valence-electron chi connectivity index (χ0n) is 19.1. The Morgan fingerprint density at radius 1 is 1.15 bits per heavy atom. The summed E-state index contributed by atoms with van der Waals surface area (Å²) < 4.78 is 17.1. The van der Waals surface area contributed by atoms with Crippen LogP contribution in [-0.4, -0.2) is 35.2 Å². The van der Waals surface area contributed by atoms with E-state index in [-0.39, 0.29) is 18.4 Å². The smallest absolute Gasteiger partial charge is 0.341 e. The normalized spacial score (nSPS) is 13.2. The quantitative estimate of drug-likeness (QED) is 0.438. The van der Waals surface area contributed by atoms with Crippen molar-refractivity contribution in [1.82, 2.24) is 10.3 Å². The topological polar surface area (TPSA) is 111 Å². The number of nitrogens with one attached hydrogen (secondary N) is 1. The second-order valence-corrected chi connectivity index (χ2v) is 8.28. The SMILES string of the molecule is Cc1oc(-c2ccccc2)nc1CCOc1ccc(OCC(=O)O)c(CNC(=O)C2CCC2)c1. The molecule has 1 saturated carbocycles. The Hall–Kier alpha value is -3.81. The maximum Gasteiger partial charge on any atom is 0.341 e. The summed E-state index contributed by atoms with van der Waals surface area (Å²) in [4.78, 5) is 27.7. The predicted octanol–water partition coefficient (Wildman–Crippen LogP) is 4.15. The van der Waals surface area contributed by atoms with E-state index >= 15 is 0 Å². The van der Waals surface area contributed by atoms with Crippen LogP contribution < -0.4 is 14.8 Å². The van der Waals surface area contributed by atoms with Gasteiger partial charge in [-0.15, -0.1) is 0 Å². The zero-order valence-corrected chi connectivity index (χ0v) is 19.1. The molecule has 3 aromatic rings. The summed E-state index contributed by atoms with van der Waals surface area (Å²) in [6, 6.07) is 14.9. The molecule has 2 N–H and O–H groups in total. The molecule has 0 radical (unpaired) electrons. The Morgan fingerprint density at radius 3 is 2.65 bits per heavy atom. The fourth-order valence-electron chi connectivity index (χ4n) is 3.69. The first-order chi connectivity index (χ1) is 16.5. The number of hydrogen-bond acceptors (Lipinski definition) is 6. The fraction of sp³-hybridized carbons (Fsp3) is 0.346. The molecule has 0 bridgehead atoms. The highest BCUT2D eigenvalue weighted by Gasteiger charge is 2.25. The lowest BCUT2D eigenvalue weighted by atomic mass is 9.85. The summed E-state index contributed by atoms with van der Waals surface area (Å²) in [6.07, 6.45) is 3.45. The number of aliphatic carboxylic acids is 1. The molecular formula is C26H28N2O6. The van der Waals surface area contributed by atoms with Crippen LogP contribution in [0.15, 0.2) is 52.9 Å². The predicted molar refractivity (Wildman–Crippen MR) is 125 cm³/mol. The van der Waals surface area contributed by atoms with Crippen LogP contribution in [0.1, 0.15) is 36.3 Å². The number of amides is 1. The minimum atomic E-state index is -1.07. The van der Waals surface area contributed by atoms with E-state index in [1.54, 1.807) is 18.2 Å². The maximum absolute atomic E-state index is 12.2. The molecule has 4 rings (SSSR count). The van der Waals surface area contributed by atoms with Crippen molar-refractivity contribution < 1.29 is 28.6 Å². The number of nitrogens with zero attached hydrogens (tertiary/aromatic N) is 1. The first-order valence-corrected chi connectivity index (χ1v) is 11.4. The summed E-state index contributed by atoms with van der Waals surface area (Å²) >= 11 is 0. The number of aromatic nitrogens is 1. The molecular weight excluding hydrogens is 436 g/mol. The molecule has 1 heterocycles. The van der Waals surface area contributed by atoms with Crippen molar-refractivity contribution in [3.05, 3.63) is 65.5 Å². The highest BCUT2D eigenvalue weighted by molar-refractivity contribution is 5.79. The van der Waals surface area contributed by atoms with Gasteiger partial charge in [-0.05, 0) is 50.1 Å². The number of oxazole rings is 1. The lowest BCUT2D eigenvalue weighted by Crippen LogP contribution is -2.34. The van der Waals surface area contributed by atoms with E-state index in [2.05, 4.69) is 10.3 Å². The molecule has 0 aliphatic heterocycles. The second-order valence-electron chi connectivity index (χ2n) is 8.28. The molecule has 1 aromatic heterocycles. The first-order valence-electron chi connectivity index (χ1n) is 11.4. The molecule has 8 heteroatoms. The number of carboxylic acid groups (broad SMARTS) is 1. The van der Waals surface area contributed by atoms with Crippen LogP contribution in [0.4, 0.5) is 0 Å². The Labute approximate surface area is 197 Å². The highest BCUT2D eigenvalue weighted by atomic mass is 16.5. The summed E-state index contributed by atoms with van der Waals surface area (Å²) in [5, 5.41) is 11.9. The van der Waals surface area contributed by atoms with Gasteiger partial charge >= 0.3 is 5.97 Å². The van der Waals surface area contributed by atoms with E-state index < -0.39 is 12.6 Å². The van der Waals surface area contributed by atoms with Gasteiger partial charge < -0.3 is 24.3 Å². The summed E-state index contributed by atoms with van der Waals surface area (Å²) in [6.45, 7) is 2.04. The van der Waals surface area contributed by atoms with Crippen LogP contribution in [0, 0.1) is 12.8 Å². The summed E-state index contributed by atoms with van der Waals surface area (Å²) in [5.74, 6) is 1.34. The molecule has 8 nitrogen and oxygen atoms in total. The molecule has 0 spiro atoms. The first kappa shape index (κ1) is 23.4. The molecule has 0 saturated heterocycles. The van der Waals surface area contributed by atoms with Gasteiger partial charge in [-0.2, -0.15) is 0 Å². The lowest BCUT2D eigenvalue weighted by molar-refractivity contribution is -0.139. The van der Waals surface area contributed by atoms with Crippen LogP contribution >= 0.6 is 0 Å². The van der Waals surface area contributed by atoms with E-state index in [1.165, 1.54) is 0 Å². The number of ether oxygens (including phenoxy) is 2. The van der Waals surface area contributed by atoms with Gasteiger partial charge in [0.1, 0.15) is 17.3 Å². The number of carbonyl (C=O) groups is 2. The van der Waals surface area contributed by atoms with Gasteiger partial charge in [0.2, 0.25) is 11.8 Å². The highest BCUT2D eigenvalue weighted by Crippen LogP contribution is 2.28. The van der Waals surface area contributed by atoms with E-state index in [1.807, 2.05) is 37.3 Å². The van der Waals surface area contributed by atoms with Crippen molar-refractivity contribution in [2.45, 2.75) is 39.2 Å². The van der Waals surface area contributed by atoms with E-state index in [9.17, 15) is 9.59 Å². The van der Waals surface area contributed by atoms with Gasteiger partial charge in [0, 0.05) is 30.0 Å². The Balaban J connectivity index is 1.38. The van der Waals surface area contributed by atoms with Crippen molar-refractivity contribution >= 4 is 11.9 Å². The van der Waals surface area contributed by atoms with Crippen LogP contribution in [0.3, 0.4) is 0 Å². The summed E-state index contributed by atoms with van der Waals surface area (Å²) in [5.41, 5.74) is 2.41. The third-order valence-electron chi connectivity index (χ3n) is 5.83. The molecule has 1 aliphatic carbocycles. The van der Waals surface area contributed by atoms with Gasteiger partial charge in [-0.1, -0.05) is 24.6 Å². The number of hydrogen-bond donors (Lipinski definition) is 2. The van der Waals surface area contributed by atoms with Gasteiger partial charge in [-0.25, -0.2) is 9.78 Å². The lowest BCUT2D eigenvalue weighted by Gasteiger charge is -2.24. The van der Waals surface area contributed by atoms with Crippen LogP contribution in [0.25, 0.3) is 11.5 Å². The van der Waals surface area contributed by atoms with Crippen molar-refractivity contribution in [2.24, 2.45) is 5.92 Å². The third kappa shape index (κ3) is 5.95. The van der Waals surface area contributed by atoms with Crippen molar-refractivity contribution in [3.63, 3.8) is 0 Å². The largest absolute Gasteiger partial charge is 0.493 e. The minimum Gasteiger partial charge on any atom is -0.493 e. The van der Waals surface area contributed by atoms with Gasteiger partial charge in [0.25, 0.3) is 0 Å². The van der Waals surface area contributed by atoms with Crippen LogP contribution in [0.5, 0.6) is 11.5 Å². The van der Waals surface area contributed by atoms with Crippen molar-refractivity contribution in [2.75, 3.05) is 13.2 Å². The molecule has 1 amide bonds. The monoisotopic (exact) mass is 464 g/mol.